The molecule has 5 fully saturated rings. The van der Waals surface area contributed by atoms with Gasteiger partial charge in [-0.15, -0.1) is 0 Å². The number of aromatic amines is 1. The van der Waals surface area contributed by atoms with E-state index in [4.69, 9.17) is 23.9 Å². The van der Waals surface area contributed by atoms with Gasteiger partial charge in [-0.25, -0.2) is 21.9 Å². The van der Waals surface area contributed by atoms with Crippen LogP contribution in [0.2, 0.25) is 0 Å². The summed E-state index contributed by atoms with van der Waals surface area (Å²) < 4.78 is 83.3. The Hall–Kier alpha value is -6.91. The fourth-order valence-corrected chi connectivity index (χ4v) is 14.0. The van der Waals surface area contributed by atoms with Gasteiger partial charge < -0.3 is 39.0 Å². The standard InChI is InChI=1S/C59H67F2N9O9S/c1-37(2)78-54-6-4-3-5-44(54)53-35-66(34-39-7-11-46(60)47(61)27-39)22-23-68(53)42-31-59(32-42)17-20-67(21-18-59)41-8-10-45(50(29-41)69-49-16-26-77-36-55(49)79-58-52(69)28-40-13-19-62-56(40)64-58)57(71)65-80(74,75)43-9-12-48(51(30-43)70(72)73)63-33-38-14-24-76-25-15-38/h3-13,19,27-30,37-38,42,49,53,55,63H,14-18,20-26,31-36H2,1-2H3,(H,62,64)(H,65,71)/t49-,53+,55-/m0/s1. The second-order valence-electron chi connectivity index (χ2n) is 22.7. The first-order valence-corrected chi connectivity index (χ1v) is 29.4. The summed E-state index contributed by atoms with van der Waals surface area (Å²) in [7, 11) is -4.64. The second kappa shape index (κ2) is 22.2. The van der Waals surface area contributed by atoms with Crippen molar-refractivity contribution in [3.05, 3.63) is 136 Å². The number of para-hydroxylation sites is 1. The van der Waals surface area contributed by atoms with Gasteiger partial charge in [0.2, 0.25) is 5.88 Å². The van der Waals surface area contributed by atoms with Crippen molar-refractivity contribution in [2.45, 2.75) is 101 Å². The summed E-state index contributed by atoms with van der Waals surface area (Å²) in [5.74, 6) is -1.15. The predicted octanol–water partition coefficient (Wildman–Crippen LogP) is 9.49. The van der Waals surface area contributed by atoms with Crippen LogP contribution in [0, 0.1) is 33.1 Å². The Balaban J connectivity index is 0.805. The van der Waals surface area contributed by atoms with Gasteiger partial charge in [0.05, 0.1) is 45.9 Å². The quantitative estimate of drug-likeness (QED) is 0.0649. The van der Waals surface area contributed by atoms with E-state index < -0.39 is 49.2 Å². The molecular formula is C59H67F2N9O9S. The lowest BCUT2D eigenvalue weighted by Crippen LogP contribution is -2.59. The normalized spacial score (nSPS) is 21.9. The molecule has 6 aliphatic rings. The van der Waals surface area contributed by atoms with Crippen LogP contribution in [0.5, 0.6) is 11.6 Å². The summed E-state index contributed by atoms with van der Waals surface area (Å²) in [5, 5.41) is 16.3. The molecule has 1 spiro atoms. The van der Waals surface area contributed by atoms with Crippen molar-refractivity contribution in [1.82, 2.24) is 24.5 Å². The lowest BCUT2D eigenvalue weighted by molar-refractivity contribution is -0.384. The summed E-state index contributed by atoms with van der Waals surface area (Å²) in [6.45, 7) is 10.8. The molecule has 7 heterocycles. The van der Waals surface area contributed by atoms with Crippen LogP contribution < -0.4 is 29.3 Å². The molecule has 4 saturated heterocycles. The lowest BCUT2D eigenvalue weighted by atomic mass is 9.59. The van der Waals surface area contributed by atoms with Gasteiger partial charge >= 0.3 is 0 Å². The molecule has 80 heavy (non-hydrogen) atoms. The number of pyridine rings is 1. The number of fused-ring (bicyclic) bond motifs is 3. The van der Waals surface area contributed by atoms with E-state index in [0.29, 0.717) is 74.8 Å². The van der Waals surface area contributed by atoms with E-state index in [1.807, 2.05) is 50.2 Å². The molecule has 3 atom stereocenters. The highest BCUT2D eigenvalue weighted by Gasteiger charge is 2.50. The molecule has 5 aliphatic heterocycles. The number of rotatable bonds is 15. The predicted molar refractivity (Wildman–Crippen MR) is 298 cm³/mol. The SMILES string of the molecule is CC(C)Oc1ccccc1[C@H]1CN(Cc2ccc(F)c(F)c2)CCN1C1CC2(CCN(c3ccc(C(=O)NS(=O)(=O)c4ccc(NCC5CCOCC5)c([N+](=O)[O-])c4)c(N4c5cc6cc[nH]c6nc5O[C@H]5COCC[C@@H]54)c3)CC2)C1. The third-order valence-corrected chi connectivity index (χ3v) is 18.6. The number of hydrogen-bond acceptors (Lipinski definition) is 15. The minimum absolute atomic E-state index is 0.0162. The highest BCUT2D eigenvalue weighted by molar-refractivity contribution is 7.90. The number of nitrogens with one attached hydrogen (secondary N) is 3. The van der Waals surface area contributed by atoms with Crippen molar-refractivity contribution in [1.29, 1.82) is 0 Å². The van der Waals surface area contributed by atoms with Crippen LogP contribution in [0.15, 0.2) is 102 Å². The molecule has 12 rings (SSSR count). The average Bonchev–Trinajstić information content (AvgIpc) is 3.98. The maximum atomic E-state index is 14.8. The number of anilines is 4. The summed E-state index contributed by atoms with van der Waals surface area (Å²) in [4.78, 5) is 43.5. The molecule has 1 saturated carbocycles. The van der Waals surface area contributed by atoms with Crippen molar-refractivity contribution in [2.75, 3.05) is 80.8 Å². The summed E-state index contributed by atoms with van der Waals surface area (Å²) in [6.07, 6.45) is 7.43. The molecule has 0 bridgehead atoms. The summed E-state index contributed by atoms with van der Waals surface area (Å²) in [6, 6.07) is 25.5. The number of carbonyl (C=O) groups excluding carboxylic acids is 1. The number of piperidine rings is 1. The van der Waals surface area contributed by atoms with Crippen molar-refractivity contribution in [3.8, 4) is 11.6 Å². The molecule has 3 N–H and O–H groups in total. The van der Waals surface area contributed by atoms with Crippen molar-refractivity contribution < 1.29 is 45.9 Å². The highest BCUT2D eigenvalue weighted by Crippen LogP contribution is 2.54. The number of nitro benzene ring substituents is 1. The van der Waals surface area contributed by atoms with E-state index in [1.165, 1.54) is 24.3 Å². The number of halogens is 2. The zero-order chi connectivity index (χ0) is 55.3. The Morgan fingerprint density at radius 2 is 1.71 bits per heavy atom. The fourth-order valence-electron chi connectivity index (χ4n) is 13.0. The van der Waals surface area contributed by atoms with E-state index in [2.05, 4.69) is 46.8 Å². The molecule has 422 valence electrons. The molecule has 1 aliphatic carbocycles. The van der Waals surface area contributed by atoms with Crippen LogP contribution in [-0.2, 0) is 26.0 Å². The first-order chi connectivity index (χ1) is 38.7. The molecule has 0 unspecified atom stereocenters. The maximum Gasteiger partial charge on any atom is 0.293 e. The van der Waals surface area contributed by atoms with Gasteiger partial charge in [-0.2, -0.15) is 4.98 Å². The molecule has 0 radical (unpaired) electrons. The lowest BCUT2D eigenvalue weighted by Gasteiger charge is -2.58. The van der Waals surface area contributed by atoms with Gasteiger partial charge in [0, 0.05) is 101 Å². The molecule has 1 amide bonds. The Morgan fingerprint density at radius 1 is 0.912 bits per heavy atom. The van der Waals surface area contributed by atoms with Gasteiger partial charge in [-0.05, 0) is 136 Å². The number of nitrogens with zero attached hydrogens (tertiary/aromatic N) is 6. The van der Waals surface area contributed by atoms with Crippen LogP contribution in [0.4, 0.5) is 37.2 Å². The molecule has 6 aromatic rings. The number of sulfonamides is 1. The van der Waals surface area contributed by atoms with Crippen molar-refractivity contribution >= 4 is 55.4 Å². The third kappa shape index (κ3) is 10.9. The van der Waals surface area contributed by atoms with E-state index in [1.54, 1.807) is 18.3 Å². The van der Waals surface area contributed by atoms with Gasteiger partial charge in [-0.3, -0.25) is 24.7 Å². The fraction of sp³-hybridized carbons (Fsp3) is 0.458. The first-order valence-electron chi connectivity index (χ1n) is 27.9. The number of piperazine rings is 1. The average molecular weight is 1120 g/mol. The smallest absolute Gasteiger partial charge is 0.293 e. The van der Waals surface area contributed by atoms with Crippen molar-refractivity contribution in [2.24, 2.45) is 11.3 Å². The van der Waals surface area contributed by atoms with Crippen LogP contribution in [0.3, 0.4) is 0 Å². The number of H-pyrrole nitrogens is 1. The largest absolute Gasteiger partial charge is 0.491 e. The molecule has 2 aromatic heterocycles. The monoisotopic (exact) mass is 1120 g/mol. The second-order valence-corrected chi connectivity index (χ2v) is 24.4. The third-order valence-electron chi connectivity index (χ3n) is 17.2. The number of hydrogen-bond donors (Lipinski definition) is 3. The minimum Gasteiger partial charge on any atom is -0.491 e. The number of ether oxygens (including phenoxy) is 4. The van der Waals surface area contributed by atoms with Gasteiger partial charge in [0.15, 0.2) is 11.6 Å². The zero-order valence-corrected chi connectivity index (χ0v) is 45.8. The highest BCUT2D eigenvalue weighted by atomic mass is 32.2. The Morgan fingerprint density at radius 3 is 2.50 bits per heavy atom. The number of amides is 1. The Labute approximate surface area is 463 Å². The number of nitro groups is 1. The van der Waals surface area contributed by atoms with E-state index in [0.717, 1.165) is 98.7 Å². The van der Waals surface area contributed by atoms with Crippen molar-refractivity contribution in [3.63, 3.8) is 0 Å². The number of carbonyl (C=O) groups is 1. The van der Waals surface area contributed by atoms with Gasteiger partial charge in [0.1, 0.15) is 28.9 Å². The molecular weight excluding hydrogens is 1050 g/mol. The van der Waals surface area contributed by atoms with E-state index >= 15 is 0 Å². The maximum absolute atomic E-state index is 14.8. The minimum atomic E-state index is -4.64. The van der Waals surface area contributed by atoms with Crippen LogP contribution in [0.1, 0.15) is 86.3 Å². The van der Waals surface area contributed by atoms with Crippen LogP contribution in [-0.4, -0.2) is 129 Å². The Kier molecular flexibility index (Phi) is 14.9. The Bertz CT molecular complexity index is 3400. The molecule has 4 aromatic carbocycles. The molecule has 21 heteroatoms. The van der Waals surface area contributed by atoms with Crippen LogP contribution in [0.25, 0.3) is 11.0 Å². The molecule has 18 nitrogen and oxygen atoms in total. The summed E-state index contributed by atoms with van der Waals surface area (Å²) >= 11 is 0. The zero-order valence-electron chi connectivity index (χ0n) is 45.0. The number of aromatic nitrogens is 2. The van der Waals surface area contributed by atoms with Gasteiger partial charge in [0.25, 0.3) is 21.6 Å². The number of benzene rings is 4. The topological polar surface area (TPSA) is 197 Å². The van der Waals surface area contributed by atoms with E-state index in [9.17, 15) is 32.1 Å². The summed E-state index contributed by atoms with van der Waals surface area (Å²) in [5.41, 5.74) is 4.41. The van der Waals surface area contributed by atoms with Crippen LogP contribution >= 0.6 is 0 Å². The first kappa shape index (κ1) is 53.7. The van der Waals surface area contributed by atoms with Gasteiger partial charge in [-0.1, -0.05) is 24.3 Å². The van der Waals surface area contributed by atoms with E-state index in [-0.39, 0.29) is 47.4 Å².